The van der Waals surface area contributed by atoms with Gasteiger partial charge < -0.3 is 0 Å². The molecule has 0 saturated heterocycles. The van der Waals surface area contributed by atoms with Gasteiger partial charge in [0.1, 0.15) is 0 Å². The number of hydrogen-bond acceptors (Lipinski definition) is 2. The van der Waals surface area contributed by atoms with Crippen molar-refractivity contribution in [2.24, 2.45) is 0 Å². The van der Waals surface area contributed by atoms with E-state index in [2.05, 4.69) is 10.1 Å². The van der Waals surface area contributed by atoms with E-state index in [-0.39, 0.29) is 5.56 Å². The third-order valence-corrected chi connectivity index (χ3v) is 2.97. The molecule has 0 unspecified atom stereocenters. The zero-order valence-corrected chi connectivity index (χ0v) is 8.82. The van der Waals surface area contributed by atoms with Gasteiger partial charge in [-0.2, -0.15) is 5.10 Å². The quantitative estimate of drug-likeness (QED) is 0.783. The predicted molar refractivity (Wildman–Crippen MR) is 54.7 cm³/mol. The highest BCUT2D eigenvalue weighted by Gasteiger charge is 2.28. The maximum absolute atomic E-state index is 12.7. The van der Waals surface area contributed by atoms with Crippen LogP contribution in [0, 0.1) is 6.92 Å². The highest BCUT2D eigenvalue weighted by molar-refractivity contribution is 5.42. The lowest BCUT2D eigenvalue weighted by atomic mass is 10.2. The molecular formula is C11H11F2N3. The van der Waals surface area contributed by atoms with Crippen LogP contribution in [-0.2, 0) is 0 Å². The Morgan fingerprint density at radius 2 is 2.12 bits per heavy atom. The van der Waals surface area contributed by atoms with Crippen LogP contribution in [0.2, 0.25) is 0 Å². The number of fused-ring (bicyclic) bond motifs is 1. The van der Waals surface area contributed by atoms with Crippen molar-refractivity contribution in [3.05, 3.63) is 29.2 Å². The molecule has 0 aliphatic heterocycles. The van der Waals surface area contributed by atoms with E-state index < -0.39 is 6.43 Å². The van der Waals surface area contributed by atoms with Gasteiger partial charge in [-0.25, -0.2) is 18.3 Å². The van der Waals surface area contributed by atoms with E-state index >= 15 is 0 Å². The van der Waals surface area contributed by atoms with Crippen LogP contribution in [0.1, 0.15) is 42.3 Å². The molecule has 3 rings (SSSR count). The van der Waals surface area contributed by atoms with Crippen LogP contribution < -0.4 is 0 Å². The van der Waals surface area contributed by atoms with E-state index in [1.807, 2.05) is 0 Å². The molecule has 16 heavy (non-hydrogen) atoms. The van der Waals surface area contributed by atoms with Crippen LogP contribution in [0.25, 0.3) is 5.65 Å². The first-order valence-electron chi connectivity index (χ1n) is 5.31. The number of halogens is 2. The van der Waals surface area contributed by atoms with Crippen LogP contribution in [0.15, 0.2) is 12.1 Å². The van der Waals surface area contributed by atoms with Gasteiger partial charge in [0.25, 0.3) is 6.43 Å². The van der Waals surface area contributed by atoms with Gasteiger partial charge >= 0.3 is 0 Å². The topological polar surface area (TPSA) is 30.2 Å². The number of hydrogen-bond donors (Lipinski definition) is 0. The second kappa shape index (κ2) is 3.23. The monoisotopic (exact) mass is 223 g/mol. The molecule has 1 saturated carbocycles. The van der Waals surface area contributed by atoms with Crippen LogP contribution in [0.5, 0.6) is 0 Å². The van der Waals surface area contributed by atoms with Gasteiger partial charge in [0, 0.05) is 11.5 Å². The number of nitrogens with zero attached hydrogens (tertiary/aromatic N) is 3. The second-order valence-electron chi connectivity index (χ2n) is 4.19. The molecule has 0 spiro atoms. The standard InChI is InChI=1S/C11H11F2N3/c1-6-8(10(12)13)4-5-9-14-11(7-2-3-7)15-16(6)9/h4-5,7,10H,2-3H2,1H3. The van der Waals surface area contributed by atoms with Crippen molar-refractivity contribution in [2.75, 3.05) is 0 Å². The SMILES string of the molecule is Cc1c(C(F)F)ccc2nc(C3CC3)nn12. The van der Waals surface area contributed by atoms with Gasteiger partial charge in [-0.05, 0) is 31.9 Å². The number of aromatic nitrogens is 3. The molecule has 2 aromatic rings. The minimum atomic E-state index is -2.46. The van der Waals surface area contributed by atoms with Gasteiger partial charge in [0.05, 0.1) is 5.69 Å². The first-order chi connectivity index (χ1) is 7.66. The first kappa shape index (κ1) is 9.69. The summed E-state index contributed by atoms with van der Waals surface area (Å²) in [6.45, 7) is 1.65. The van der Waals surface area contributed by atoms with Crippen molar-refractivity contribution >= 4 is 5.65 Å². The summed E-state index contributed by atoms with van der Waals surface area (Å²) >= 11 is 0. The lowest BCUT2D eigenvalue weighted by Crippen LogP contribution is -2.00. The maximum atomic E-state index is 12.7. The van der Waals surface area contributed by atoms with Gasteiger partial charge in [0.15, 0.2) is 11.5 Å². The zero-order chi connectivity index (χ0) is 11.3. The molecule has 2 aromatic heterocycles. The Morgan fingerprint density at radius 1 is 1.38 bits per heavy atom. The summed E-state index contributed by atoms with van der Waals surface area (Å²) in [4.78, 5) is 4.34. The molecule has 2 heterocycles. The van der Waals surface area contributed by atoms with Crippen LogP contribution >= 0.6 is 0 Å². The van der Waals surface area contributed by atoms with Crippen molar-refractivity contribution in [1.29, 1.82) is 0 Å². The smallest absolute Gasteiger partial charge is 0.218 e. The Bertz CT molecular complexity index is 543. The fraction of sp³-hybridized carbons (Fsp3) is 0.455. The van der Waals surface area contributed by atoms with Gasteiger partial charge in [0.2, 0.25) is 0 Å². The summed E-state index contributed by atoms with van der Waals surface area (Å²) < 4.78 is 26.9. The molecule has 84 valence electrons. The molecule has 0 N–H and O–H groups in total. The van der Waals surface area contributed by atoms with Crippen molar-refractivity contribution < 1.29 is 8.78 Å². The maximum Gasteiger partial charge on any atom is 0.265 e. The molecule has 0 aromatic carbocycles. The van der Waals surface area contributed by atoms with Gasteiger partial charge in [-0.3, -0.25) is 0 Å². The molecule has 0 bridgehead atoms. The summed E-state index contributed by atoms with van der Waals surface area (Å²) in [6, 6.07) is 3.04. The number of alkyl halides is 2. The fourth-order valence-electron chi connectivity index (χ4n) is 1.85. The molecular weight excluding hydrogens is 212 g/mol. The lowest BCUT2D eigenvalue weighted by Gasteiger charge is -2.05. The average molecular weight is 223 g/mol. The van der Waals surface area contributed by atoms with E-state index in [1.165, 1.54) is 10.6 Å². The molecule has 0 amide bonds. The molecule has 1 aliphatic carbocycles. The summed E-state index contributed by atoms with van der Waals surface area (Å²) in [5.74, 6) is 1.23. The van der Waals surface area contributed by atoms with Crippen molar-refractivity contribution in [3.63, 3.8) is 0 Å². The number of rotatable bonds is 2. The third-order valence-electron chi connectivity index (χ3n) is 2.97. The minimum absolute atomic E-state index is 0.0275. The Hall–Kier alpha value is -1.52. The average Bonchev–Trinajstić information content (AvgIpc) is 2.99. The summed E-state index contributed by atoms with van der Waals surface area (Å²) in [5.41, 5.74) is 1.16. The summed E-state index contributed by atoms with van der Waals surface area (Å²) in [6.07, 6.45) is -0.243. The molecule has 0 radical (unpaired) electrons. The number of aryl methyl sites for hydroxylation is 1. The highest BCUT2D eigenvalue weighted by atomic mass is 19.3. The summed E-state index contributed by atoms with van der Waals surface area (Å²) in [7, 11) is 0. The van der Waals surface area contributed by atoms with Gasteiger partial charge in [-0.1, -0.05) is 0 Å². The zero-order valence-electron chi connectivity index (χ0n) is 8.82. The van der Waals surface area contributed by atoms with Crippen LogP contribution in [0.3, 0.4) is 0 Å². The van der Waals surface area contributed by atoms with E-state index in [9.17, 15) is 8.78 Å². The predicted octanol–water partition coefficient (Wildman–Crippen LogP) is 2.85. The van der Waals surface area contributed by atoms with Crippen LogP contribution in [-0.4, -0.2) is 14.6 Å². The Morgan fingerprint density at radius 3 is 2.75 bits per heavy atom. The Balaban J connectivity index is 2.18. The lowest BCUT2D eigenvalue weighted by molar-refractivity contribution is 0.150. The van der Waals surface area contributed by atoms with Crippen molar-refractivity contribution in [1.82, 2.24) is 14.6 Å². The van der Waals surface area contributed by atoms with Gasteiger partial charge in [-0.15, -0.1) is 0 Å². The number of pyridine rings is 1. The largest absolute Gasteiger partial charge is 0.265 e. The van der Waals surface area contributed by atoms with E-state index in [0.717, 1.165) is 18.7 Å². The Kier molecular flexibility index (Phi) is 1.96. The van der Waals surface area contributed by atoms with Crippen LogP contribution in [0.4, 0.5) is 8.78 Å². The van der Waals surface area contributed by atoms with Crippen molar-refractivity contribution in [3.8, 4) is 0 Å². The molecule has 1 fully saturated rings. The van der Waals surface area contributed by atoms with E-state index in [4.69, 9.17) is 0 Å². The van der Waals surface area contributed by atoms with E-state index in [0.29, 0.717) is 17.3 Å². The molecule has 5 heteroatoms. The summed E-state index contributed by atoms with van der Waals surface area (Å²) in [5, 5.41) is 4.29. The van der Waals surface area contributed by atoms with Crippen molar-refractivity contribution in [2.45, 2.75) is 32.1 Å². The molecule has 1 aliphatic rings. The highest BCUT2D eigenvalue weighted by Crippen LogP contribution is 2.38. The van der Waals surface area contributed by atoms with E-state index in [1.54, 1.807) is 13.0 Å². The second-order valence-corrected chi connectivity index (χ2v) is 4.19. The normalized spacial score (nSPS) is 16.2. The molecule has 0 atom stereocenters. The molecule has 3 nitrogen and oxygen atoms in total. The Labute approximate surface area is 91.1 Å². The first-order valence-corrected chi connectivity index (χ1v) is 5.31. The minimum Gasteiger partial charge on any atom is -0.218 e. The third kappa shape index (κ3) is 1.38. The fourth-order valence-corrected chi connectivity index (χ4v) is 1.85.